The molecule has 0 radical (unpaired) electrons. The average molecular weight is 483 g/mol. The van der Waals surface area contributed by atoms with Crippen molar-refractivity contribution < 1.29 is 28.8 Å². The highest BCUT2D eigenvalue weighted by molar-refractivity contribution is 5.96. The number of methoxy groups -OCH3 is 2. The molecule has 2 aromatic carbocycles. The van der Waals surface area contributed by atoms with E-state index in [0.717, 1.165) is 24.0 Å². The summed E-state index contributed by atoms with van der Waals surface area (Å²) >= 11 is 0. The summed E-state index contributed by atoms with van der Waals surface area (Å²) in [6.07, 6.45) is 1.79. The van der Waals surface area contributed by atoms with Crippen LogP contribution in [0.25, 0.3) is 0 Å². The Morgan fingerprint density at radius 3 is 2.57 bits per heavy atom. The van der Waals surface area contributed by atoms with Gasteiger partial charge in [0.25, 0.3) is 0 Å². The van der Waals surface area contributed by atoms with E-state index in [1.165, 1.54) is 0 Å². The van der Waals surface area contributed by atoms with Gasteiger partial charge in [-0.25, -0.2) is 0 Å². The minimum Gasteiger partial charge on any atom is -0.493 e. The van der Waals surface area contributed by atoms with Crippen molar-refractivity contribution in [2.75, 3.05) is 45.8 Å². The van der Waals surface area contributed by atoms with E-state index in [-0.39, 0.29) is 19.1 Å². The standard InChI is InChI=1S/C27H34N2O6/c1-4-5-6-15-34-24-11-10-22(21-8-12-26(31)29-27(21)24)35-18-20(30)17-28-14-13-19-7-9-23(32-2)25(16-19)33-3/h7,9-11,16,20,28,30H,4,8,12-15,17-18H2,1-3H3,(H,29,31). The van der Waals surface area contributed by atoms with Crippen molar-refractivity contribution >= 4 is 11.6 Å². The molecule has 0 saturated heterocycles. The molecule has 0 bridgehead atoms. The van der Waals surface area contributed by atoms with Crippen molar-refractivity contribution in [2.24, 2.45) is 0 Å². The predicted molar refractivity (Wildman–Crippen MR) is 135 cm³/mol. The third-order valence-corrected chi connectivity index (χ3v) is 5.55. The summed E-state index contributed by atoms with van der Waals surface area (Å²) in [4.78, 5) is 12.0. The van der Waals surface area contributed by atoms with Crippen LogP contribution in [0.15, 0.2) is 30.3 Å². The van der Waals surface area contributed by atoms with Crippen LogP contribution in [0.5, 0.6) is 23.0 Å². The van der Waals surface area contributed by atoms with Gasteiger partial charge in [0.2, 0.25) is 5.91 Å². The third kappa shape index (κ3) is 7.54. The molecule has 1 unspecified atom stereocenters. The lowest BCUT2D eigenvalue weighted by Gasteiger charge is -2.23. The van der Waals surface area contributed by atoms with Crippen molar-refractivity contribution in [3.63, 3.8) is 0 Å². The first-order valence-corrected chi connectivity index (χ1v) is 11.8. The number of fused-ring (bicyclic) bond motifs is 1. The van der Waals surface area contributed by atoms with Crippen LogP contribution >= 0.6 is 0 Å². The molecule has 0 aromatic heterocycles. The van der Waals surface area contributed by atoms with Crippen LogP contribution in [0.1, 0.15) is 30.9 Å². The number of anilines is 1. The topological polar surface area (TPSA) is 98.3 Å². The van der Waals surface area contributed by atoms with E-state index in [0.29, 0.717) is 54.6 Å². The highest BCUT2D eigenvalue weighted by Gasteiger charge is 2.23. The van der Waals surface area contributed by atoms with Crippen LogP contribution in [-0.4, -0.2) is 57.6 Å². The molecule has 1 aliphatic heterocycles. The van der Waals surface area contributed by atoms with Gasteiger partial charge in [0, 0.05) is 24.9 Å². The largest absolute Gasteiger partial charge is 0.493 e. The number of nitrogens with one attached hydrogen (secondary N) is 2. The van der Waals surface area contributed by atoms with E-state index in [2.05, 4.69) is 22.5 Å². The number of hydrogen-bond acceptors (Lipinski definition) is 7. The van der Waals surface area contributed by atoms with Crippen LogP contribution < -0.4 is 29.6 Å². The molecule has 3 rings (SSSR count). The minimum absolute atomic E-state index is 0.0575. The molecule has 1 atom stereocenters. The van der Waals surface area contributed by atoms with Crippen molar-refractivity contribution in [2.45, 2.75) is 38.7 Å². The molecule has 1 heterocycles. The first-order valence-electron chi connectivity index (χ1n) is 11.8. The first-order chi connectivity index (χ1) is 17.0. The van der Waals surface area contributed by atoms with Crippen LogP contribution in [0.2, 0.25) is 0 Å². The number of amides is 1. The molecule has 1 amide bonds. The van der Waals surface area contributed by atoms with Gasteiger partial charge in [-0.2, -0.15) is 0 Å². The quantitative estimate of drug-likeness (QED) is 0.316. The SMILES string of the molecule is CCC#CCOc1ccc(OCC(O)CNCCc2ccc(OC)c(OC)c2)c2c1NC(=O)CC2. The fourth-order valence-corrected chi connectivity index (χ4v) is 3.76. The number of ether oxygens (including phenoxy) is 4. The molecule has 8 nitrogen and oxygen atoms in total. The van der Waals surface area contributed by atoms with Gasteiger partial charge < -0.3 is 34.7 Å². The summed E-state index contributed by atoms with van der Waals surface area (Å²) in [5.41, 5.74) is 2.61. The Kier molecular flexibility index (Phi) is 10.1. The van der Waals surface area contributed by atoms with Gasteiger partial charge in [-0.1, -0.05) is 18.9 Å². The normalized spacial score (nSPS) is 13.1. The summed E-state index contributed by atoms with van der Waals surface area (Å²) in [7, 11) is 3.23. The zero-order chi connectivity index (χ0) is 25.0. The lowest BCUT2D eigenvalue weighted by molar-refractivity contribution is -0.116. The lowest BCUT2D eigenvalue weighted by atomic mass is 10.0. The van der Waals surface area contributed by atoms with Crippen molar-refractivity contribution in [3.8, 4) is 34.8 Å². The number of carbonyl (C=O) groups excluding carboxylic acids is 1. The van der Waals surface area contributed by atoms with Gasteiger partial charge in [-0.3, -0.25) is 4.79 Å². The molecule has 8 heteroatoms. The first kappa shape index (κ1) is 26.2. The summed E-state index contributed by atoms with van der Waals surface area (Å²) in [5.74, 6) is 8.44. The average Bonchev–Trinajstić information content (AvgIpc) is 2.88. The van der Waals surface area contributed by atoms with E-state index in [4.69, 9.17) is 18.9 Å². The van der Waals surface area contributed by atoms with Crippen LogP contribution in [0, 0.1) is 11.8 Å². The fraction of sp³-hybridized carbons (Fsp3) is 0.444. The number of aliphatic hydroxyl groups is 1. The Morgan fingerprint density at radius 1 is 1.03 bits per heavy atom. The molecule has 0 spiro atoms. The molecular formula is C27H34N2O6. The second-order valence-corrected chi connectivity index (χ2v) is 8.07. The van der Waals surface area contributed by atoms with Crippen molar-refractivity contribution in [1.82, 2.24) is 5.32 Å². The highest BCUT2D eigenvalue weighted by atomic mass is 16.5. The van der Waals surface area contributed by atoms with Gasteiger partial charge in [0.15, 0.2) is 11.5 Å². The van der Waals surface area contributed by atoms with Gasteiger partial charge in [-0.15, -0.1) is 5.92 Å². The number of aliphatic hydroxyl groups excluding tert-OH is 1. The van der Waals surface area contributed by atoms with Crippen molar-refractivity contribution in [1.29, 1.82) is 0 Å². The molecule has 0 fully saturated rings. The maximum atomic E-state index is 12.0. The second kappa shape index (κ2) is 13.5. The smallest absolute Gasteiger partial charge is 0.224 e. The van der Waals surface area contributed by atoms with Gasteiger partial charge in [0.05, 0.1) is 19.9 Å². The molecule has 1 aliphatic rings. The Labute approximate surface area is 206 Å². The third-order valence-electron chi connectivity index (χ3n) is 5.55. The fourth-order valence-electron chi connectivity index (χ4n) is 3.76. The van der Waals surface area contributed by atoms with E-state index in [9.17, 15) is 9.90 Å². The van der Waals surface area contributed by atoms with Crippen LogP contribution in [0.4, 0.5) is 5.69 Å². The molecular weight excluding hydrogens is 448 g/mol. The Bertz CT molecular complexity index is 1060. The predicted octanol–water partition coefficient (Wildman–Crippen LogP) is 2.95. The molecule has 35 heavy (non-hydrogen) atoms. The van der Waals surface area contributed by atoms with Crippen molar-refractivity contribution in [3.05, 3.63) is 41.5 Å². The van der Waals surface area contributed by atoms with Crippen LogP contribution in [0.3, 0.4) is 0 Å². The van der Waals surface area contributed by atoms with Gasteiger partial charge >= 0.3 is 0 Å². The zero-order valence-corrected chi connectivity index (χ0v) is 20.6. The second-order valence-electron chi connectivity index (χ2n) is 8.07. The van der Waals surface area contributed by atoms with E-state index in [1.54, 1.807) is 20.3 Å². The van der Waals surface area contributed by atoms with E-state index >= 15 is 0 Å². The Morgan fingerprint density at radius 2 is 1.80 bits per heavy atom. The maximum Gasteiger partial charge on any atom is 0.224 e. The van der Waals surface area contributed by atoms with E-state index < -0.39 is 6.10 Å². The molecule has 2 aromatic rings. The maximum absolute atomic E-state index is 12.0. The molecule has 0 saturated carbocycles. The monoisotopic (exact) mass is 482 g/mol. The summed E-state index contributed by atoms with van der Waals surface area (Å²) in [6, 6.07) is 9.41. The lowest BCUT2D eigenvalue weighted by Crippen LogP contribution is -2.32. The van der Waals surface area contributed by atoms with Gasteiger partial charge in [-0.05, 0) is 49.2 Å². The number of carbonyl (C=O) groups is 1. The number of rotatable bonds is 12. The van der Waals surface area contributed by atoms with E-state index in [1.807, 2.05) is 31.2 Å². The summed E-state index contributed by atoms with van der Waals surface area (Å²) in [5, 5.41) is 16.5. The highest BCUT2D eigenvalue weighted by Crippen LogP contribution is 2.39. The summed E-state index contributed by atoms with van der Waals surface area (Å²) in [6.45, 7) is 3.45. The van der Waals surface area contributed by atoms with Crippen LogP contribution in [-0.2, 0) is 17.6 Å². The number of benzene rings is 2. The zero-order valence-electron chi connectivity index (χ0n) is 20.6. The molecule has 3 N–H and O–H groups in total. The summed E-state index contributed by atoms with van der Waals surface area (Å²) < 4.78 is 22.3. The molecule has 188 valence electrons. The van der Waals surface area contributed by atoms with Gasteiger partial charge in [0.1, 0.15) is 30.8 Å². The molecule has 0 aliphatic carbocycles. The number of hydrogen-bond donors (Lipinski definition) is 3. The Hall–Kier alpha value is -3.41. The minimum atomic E-state index is -0.686. The Balaban J connectivity index is 1.50.